The van der Waals surface area contributed by atoms with E-state index in [0.29, 0.717) is 11.4 Å². The van der Waals surface area contributed by atoms with Crippen LogP contribution in [0.25, 0.3) is 0 Å². The van der Waals surface area contributed by atoms with Crippen LogP contribution in [0.4, 0.5) is 5.69 Å². The lowest BCUT2D eigenvalue weighted by Gasteiger charge is -2.07. The Kier molecular flexibility index (Phi) is 5.36. The van der Waals surface area contributed by atoms with Crippen molar-refractivity contribution >= 4 is 40.6 Å². The van der Waals surface area contributed by atoms with Crippen LogP contribution in [-0.2, 0) is 11.2 Å². The molecule has 0 fully saturated rings. The molecule has 0 spiro atoms. The van der Waals surface area contributed by atoms with Gasteiger partial charge in [-0.05, 0) is 30.0 Å². The van der Waals surface area contributed by atoms with Gasteiger partial charge in [-0.2, -0.15) is 0 Å². The molecule has 3 nitrogen and oxygen atoms in total. The number of nitrogens with one attached hydrogen (secondary N) is 1. The number of carbonyl (C=O) groups is 1. The highest BCUT2D eigenvalue weighted by molar-refractivity contribution is 7.98. The number of carbonyl (C=O) groups excluding carboxylic acids is 1. The van der Waals surface area contributed by atoms with Gasteiger partial charge < -0.3 is 11.1 Å². The summed E-state index contributed by atoms with van der Waals surface area (Å²) in [6.45, 7) is 0. The summed E-state index contributed by atoms with van der Waals surface area (Å²) in [4.78, 5) is 13.5. The molecule has 0 bridgehead atoms. The van der Waals surface area contributed by atoms with E-state index in [4.69, 9.17) is 18.0 Å². The Morgan fingerprint density at radius 3 is 2.57 bits per heavy atom. The fourth-order valence-electron chi connectivity index (χ4n) is 1.88. The van der Waals surface area contributed by atoms with Gasteiger partial charge in [0.2, 0.25) is 5.91 Å². The van der Waals surface area contributed by atoms with Crippen molar-refractivity contribution in [3.8, 4) is 0 Å². The average Bonchev–Trinajstić information content (AvgIpc) is 2.47. The Bertz CT molecular complexity index is 654. The summed E-state index contributed by atoms with van der Waals surface area (Å²) in [6.07, 6.45) is 2.32. The van der Waals surface area contributed by atoms with Crippen LogP contribution in [0.15, 0.2) is 53.4 Å². The molecule has 0 aliphatic heterocycles. The summed E-state index contributed by atoms with van der Waals surface area (Å²) in [5, 5.41) is 2.90. The molecule has 5 heteroatoms. The van der Waals surface area contributed by atoms with Gasteiger partial charge in [0.25, 0.3) is 0 Å². The van der Waals surface area contributed by atoms with Crippen molar-refractivity contribution in [3.63, 3.8) is 0 Å². The molecular formula is C16H16N2OS2. The maximum absolute atomic E-state index is 12.0. The Morgan fingerprint density at radius 1 is 1.24 bits per heavy atom. The number of anilines is 1. The summed E-state index contributed by atoms with van der Waals surface area (Å²) in [5.41, 5.74) is 8.09. The highest BCUT2D eigenvalue weighted by atomic mass is 32.2. The first-order valence-corrected chi connectivity index (χ1v) is 8.04. The summed E-state index contributed by atoms with van der Waals surface area (Å²) in [6, 6.07) is 15.2. The number of hydrogen-bond donors (Lipinski definition) is 2. The molecule has 0 radical (unpaired) electrons. The lowest BCUT2D eigenvalue weighted by atomic mass is 10.1. The molecule has 0 aromatic heterocycles. The van der Waals surface area contributed by atoms with E-state index in [1.807, 2.05) is 54.8 Å². The van der Waals surface area contributed by atoms with Gasteiger partial charge in [0, 0.05) is 16.1 Å². The number of thioether (sulfide) groups is 1. The molecule has 0 atom stereocenters. The molecule has 0 saturated heterocycles. The van der Waals surface area contributed by atoms with Crippen LogP contribution in [0, 0.1) is 0 Å². The van der Waals surface area contributed by atoms with Gasteiger partial charge in [-0.3, -0.25) is 4.79 Å². The largest absolute Gasteiger partial charge is 0.389 e. The van der Waals surface area contributed by atoms with Gasteiger partial charge in [-0.1, -0.05) is 42.5 Å². The van der Waals surface area contributed by atoms with Gasteiger partial charge >= 0.3 is 0 Å². The van der Waals surface area contributed by atoms with Crippen LogP contribution >= 0.6 is 24.0 Å². The third-order valence-corrected chi connectivity index (χ3v) is 3.92. The summed E-state index contributed by atoms with van der Waals surface area (Å²) < 4.78 is 0. The molecule has 0 aliphatic carbocycles. The zero-order valence-corrected chi connectivity index (χ0v) is 13.3. The minimum atomic E-state index is -0.0451. The maximum atomic E-state index is 12.0. The smallest absolute Gasteiger partial charge is 0.228 e. The molecule has 0 heterocycles. The third-order valence-electron chi connectivity index (χ3n) is 2.96. The van der Waals surface area contributed by atoms with E-state index in [-0.39, 0.29) is 5.91 Å². The predicted octanol–water partition coefficient (Wildman–Crippen LogP) is 3.22. The van der Waals surface area contributed by atoms with Crippen LogP contribution in [0.2, 0.25) is 0 Å². The number of amides is 1. The average molecular weight is 316 g/mol. The fraction of sp³-hybridized carbons (Fsp3) is 0.125. The van der Waals surface area contributed by atoms with E-state index in [0.717, 1.165) is 21.7 Å². The fourth-order valence-corrected chi connectivity index (χ4v) is 2.47. The Hall–Kier alpha value is -1.85. The molecule has 2 rings (SSSR count). The molecule has 0 unspecified atom stereocenters. The zero-order chi connectivity index (χ0) is 15.2. The number of rotatable bonds is 5. The van der Waals surface area contributed by atoms with Crippen molar-refractivity contribution in [2.45, 2.75) is 11.3 Å². The van der Waals surface area contributed by atoms with Crippen LogP contribution in [-0.4, -0.2) is 17.2 Å². The number of thiocarbonyl (C=S) groups is 1. The first-order chi connectivity index (χ1) is 10.1. The minimum absolute atomic E-state index is 0.0451. The molecule has 2 aromatic rings. The lowest BCUT2D eigenvalue weighted by molar-refractivity contribution is -0.115. The monoisotopic (exact) mass is 316 g/mol. The topological polar surface area (TPSA) is 55.1 Å². The predicted molar refractivity (Wildman–Crippen MR) is 92.9 cm³/mol. The van der Waals surface area contributed by atoms with Crippen molar-refractivity contribution in [1.82, 2.24) is 0 Å². The van der Waals surface area contributed by atoms with Crippen molar-refractivity contribution < 1.29 is 4.79 Å². The van der Waals surface area contributed by atoms with E-state index in [9.17, 15) is 4.79 Å². The summed E-state index contributed by atoms with van der Waals surface area (Å²) in [7, 11) is 0. The van der Waals surface area contributed by atoms with E-state index in [2.05, 4.69) is 5.32 Å². The zero-order valence-electron chi connectivity index (χ0n) is 11.6. The van der Waals surface area contributed by atoms with Gasteiger partial charge in [-0.15, -0.1) is 11.8 Å². The minimum Gasteiger partial charge on any atom is -0.389 e. The Balaban J connectivity index is 1.99. The second-order valence-electron chi connectivity index (χ2n) is 4.52. The standard InChI is InChI=1S/C16H16N2OS2/c1-21-14-4-2-3-13(10-14)18-15(19)9-11-5-7-12(8-6-11)16(17)20/h2-8,10H,9H2,1H3,(H2,17,20)(H,18,19). The number of benzene rings is 2. The Labute approximate surface area is 133 Å². The van der Waals surface area contributed by atoms with Crippen LogP contribution in [0.1, 0.15) is 11.1 Å². The van der Waals surface area contributed by atoms with Crippen LogP contribution < -0.4 is 11.1 Å². The first-order valence-electron chi connectivity index (χ1n) is 6.41. The SMILES string of the molecule is CSc1cccc(NC(=O)Cc2ccc(C(N)=S)cc2)c1. The van der Waals surface area contributed by atoms with Crippen molar-refractivity contribution in [2.75, 3.05) is 11.6 Å². The van der Waals surface area contributed by atoms with E-state index in [1.165, 1.54) is 0 Å². The second-order valence-corrected chi connectivity index (χ2v) is 5.84. The van der Waals surface area contributed by atoms with Gasteiger partial charge in [0.1, 0.15) is 4.99 Å². The van der Waals surface area contributed by atoms with Crippen molar-refractivity contribution in [3.05, 3.63) is 59.7 Å². The van der Waals surface area contributed by atoms with Crippen LogP contribution in [0.5, 0.6) is 0 Å². The molecule has 108 valence electrons. The Morgan fingerprint density at radius 2 is 1.95 bits per heavy atom. The van der Waals surface area contributed by atoms with Gasteiger partial charge in [-0.25, -0.2) is 0 Å². The maximum Gasteiger partial charge on any atom is 0.228 e. The molecule has 0 saturated carbocycles. The first kappa shape index (κ1) is 15.5. The quantitative estimate of drug-likeness (QED) is 0.657. The highest BCUT2D eigenvalue weighted by Crippen LogP contribution is 2.19. The van der Waals surface area contributed by atoms with Crippen molar-refractivity contribution in [2.24, 2.45) is 5.73 Å². The summed E-state index contributed by atoms with van der Waals surface area (Å²) >= 11 is 6.54. The van der Waals surface area contributed by atoms with E-state index < -0.39 is 0 Å². The van der Waals surface area contributed by atoms with Gasteiger partial charge in [0.15, 0.2) is 0 Å². The third kappa shape index (κ3) is 4.58. The molecule has 1 amide bonds. The molecule has 21 heavy (non-hydrogen) atoms. The molecule has 2 aromatic carbocycles. The van der Waals surface area contributed by atoms with Gasteiger partial charge in [0.05, 0.1) is 6.42 Å². The number of nitrogens with two attached hydrogens (primary N) is 1. The normalized spacial score (nSPS) is 10.1. The van der Waals surface area contributed by atoms with E-state index >= 15 is 0 Å². The molecular weight excluding hydrogens is 300 g/mol. The summed E-state index contributed by atoms with van der Waals surface area (Å²) in [5.74, 6) is -0.0451. The second kappa shape index (κ2) is 7.24. The van der Waals surface area contributed by atoms with Crippen molar-refractivity contribution in [1.29, 1.82) is 0 Å². The van der Waals surface area contributed by atoms with E-state index in [1.54, 1.807) is 11.8 Å². The highest BCUT2D eigenvalue weighted by Gasteiger charge is 2.05. The number of hydrogen-bond acceptors (Lipinski definition) is 3. The molecule has 0 aliphatic rings. The lowest BCUT2D eigenvalue weighted by Crippen LogP contribution is -2.14. The molecule has 3 N–H and O–H groups in total. The van der Waals surface area contributed by atoms with Crippen LogP contribution in [0.3, 0.4) is 0 Å².